The molecule has 4 N–H and O–H groups in total. The van der Waals surface area contributed by atoms with E-state index in [-0.39, 0.29) is 13.2 Å². The van der Waals surface area contributed by atoms with Crippen LogP contribution in [-0.4, -0.2) is 34.5 Å². The summed E-state index contributed by atoms with van der Waals surface area (Å²) in [6.45, 7) is 3.49. The van der Waals surface area contributed by atoms with E-state index in [1.54, 1.807) is 6.20 Å². The molecule has 0 aromatic carbocycles. The Morgan fingerprint density at radius 3 is 2.73 bits per heavy atom. The smallest absolute Gasteiger partial charge is 0.112 e. The van der Waals surface area contributed by atoms with Crippen molar-refractivity contribution in [1.82, 2.24) is 10.3 Å². The highest BCUT2D eigenvalue weighted by Crippen LogP contribution is 2.09. The minimum Gasteiger partial charge on any atom is -0.394 e. The zero-order valence-corrected chi connectivity index (χ0v) is 9.05. The number of H-pyrrole nitrogens is 1. The summed E-state index contributed by atoms with van der Waals surface area (Å²) in [4.78, 5) is 2.88. The first-order valence-corrected chi connectivity index (χ1v) is 4.95. The summed E-state index contributed by atoms with van der Waals surface area (Å²) in [7, 11) is 0. The zero-order chi connectivity index (χ0) is 11.3. The van der Waals surface area contributed by atoms with Gasteiger partial charge in [-0.15, -0.1) is 0 Å². The van der Waals surface area contributed by atoms with Crippen LogP contribution >= 0.6 is 12.2 Å². The number of aliphatic hydroxyl groups excluding tert-OH is 2. The van der Waals surface area contributed by atoms with Crippen molar-refractivity contribution < 1.29 is 10.2 Å². The van der Waals surface area contributed by atoms with Crippen molar-refractivity contribution >= 4 is 17.9 Å². The number of aliphatic hydroxyl groups is 2. The Labute approximate surface area is 93.3 Å². The topological polar surface area (TPSA) is 68.3 Å². The quantitative estimate of drug-likeness (QED) is 0.557. The Morgan fingerprint density at radius 2 is 2.20 bits per heavy atom. The summed E-state index contributed by atoms with van der Waals surface area (Å²) >= 11 is 5.07. The first-order chi connectivity index (χ1) is 7.19. The number of rotatable bonds is 5. The van der Waals surface area contributed by atoms with Gasteiger partial charge < -0.3 is 20.5 Å². The largest absolute Gasteiger partial charge is 0.394 e. The van der Waals surface area contributed by atoms with E-state index in [1.165, 1.54) is 0 Å². The van der Waals surface area contributed by atoms with Crippen molar-refractivity contribution in [3.05, 3.63) is 35.1 Å². The van der Waals surface area contributed by atoms with Gasteiger partial charge in [-0.2, -0.15) is 0 Å². The molecule has 4 nitrogen and oxygen atoms in total. The van der Waals surface area contributed by atoms with Crippen molar-refractivity contribution in [2.45, 2.75) is 6.04 Å². The molecule has 5 heteroatoms. The molecule has 0 aliphatic rings. The van der Waals surface area contributed by atoms with Crippen LogP contribution in [0.2, 0.25) is 0 Å². The molecule has 82 valence electrons. The van der Waals surface area contributed by atoms with Gasteiger partial charge in [0.15, 0.2) is 0 Å². The molecule has 0 saturated carbocycles. The predicted molar refractivity (Wildman–Crippen MR) is 61.8 cm³/mol. The van der Waals surface area contributed by atoms with Crippen LogP contribution in [0.3, 0.4) is 0 Å². The molecular weight excluding hydrogens is 212 g/mol. The number of pyridine rings is 1. The Bertz CT molecular complexity index is 385. The predicted octanol–water partition coefficient (Wildman–Crippen LogP) is 0.658. The third-order valence-corrected chi connectivity index (χ3v) is 2.30. The molecule has 0 aliphatic heterocycles. The van der Waals surface area contributed by atoms with Crippen molar-refractivity contribution in [2.24, 2.45) is 0 Å². The fourth-order valence-electron chi connectivity index (χ4n) is 1.13. The lowest BCUT2D eigenvalue weighted by Gasteiger charge is -2.16. The Morgan fingerprint density at radius 1 is 1.53 bits per heavy atom. The van der Waals surface area contributed by atoms with E-state index in [9.17, 15) is 0 Å². The van der Waals surface area contributed by atoms with Gasteiger partial charge in [0.2, 0.25) is 0 Å². The Kier molecular flexibility index (Phi) is 4.48. The van der Waals surface area contributed by atoms with E-state index in [1.807, 2.05) is 12.1 Å². The minimum absolute atomic E-state index is 0.154. The summed E-state index contributed by atoms with van der Waals surface area (Å²) in [5, 5.41) is 20.7. The number of nitrogens with one attached hydrogen (secondary N) is 2. The second-order valence-corrected chi connectivity index (χ2v) is 3.51. The van der Waals surface area contributed by atoms with Gasteiger partial charge in [0.25, 0.3) is 0 Å². The van der Waals surface area contributed by atoms with Crippen LogP contribution in [-0.2, 0) is 0 Å². The zero-order valence-electron chi connectivity index (χ0n) is 8.23. The number of aromatic nitrogens is 1. The molecule has 0 saturated heterocycles. The standard InChI is InChI=1S/C10H14N2O2S/c1-7(12-8(5-13)6-14)9-3-2-4-11-10(9)15/h2-4,8,12-14H,1,5-6H2,(H,11,15). The van der Waals surface area contributed by atoms with Gasteiger partial charge in [-0.05, 0) is 12.1 Å². The lowest BCUT2D eigenvalue weighted by atomic mass is 10.2. The molecule has 1 aromatic rings. The third-order valence-electron chi connectivity index (χ3n) is 1.96. The number of aromatic amines is 1. The Balaban J connectivity index is 2.78. The Hall–Kier alpha value is -1.17. The summed E-state index contributed by atoms with van der Waals surface area (Å²) in [6.07, 6.45) is 1.73. The van der Waals surface area contributed by atoms with Gasteiger partial charge >= 0.3 is 0 Å². The first kappa shape index (κ1) is 11.9. The van der Waals surface area contributed by atoms with Gasteiger partial charge in [-0.1, -0.05) is 18.8 Å². The van der Waals surface area contributed by atoms with Crippen molar-refractivity contribution in [2.75, 3.05) is 13.2 Å². The molecule has 0 spiro atoms. The van der Waals surface area contributed by atoms with Crippen LogP contribution in [0.1, 0.15) is 5.56 Å². The summed E-state index contributed by atoms with van der Waals surface area (Å²) < 4.78 is 0.574. The highest BCUT2D eigenvalue weighted by Gasteiger charge is 2.07. The van der Waals surface area contributed by atoms with E-state index < -0.39 is 6.04 Å². The van der Waals surface area contributed by atoms with Gasteiger partial charge in [0, 0.05) is 17.5 Å². The van der Waals surface area contributed by atoms with Crippen LogP contribution < -0.4 is 5.32 Å². The summed E-state index contributed by atoms with van der Waals surface area (Å²) in [5.41, 5.74) is 1.35. The van der Waals surface area contributed by atoms with Gasteiger partial charge in [0.05, 0.1) is 19.3 Å². The first-order valence-electron chi connectivity index (χ1n) is 4.54. The van der Waals surface area contributed by atoms with Crippen LogP contribution in [0.15, 0.2) is 24.9 Å². The molecular formula is C10H14N2O2S. The fourth-order valence-corrected chi connectivity index (χ4v) is 1.39. The summed E-state index contributed by atoms with van der Waals surface area (Å²) in [6, 6.07) is 3.22. The third kappa shape index (κ3) is 3.16. The fraction of sp³-hybridized carbons (Fsp3) is 0.300. The molecule has 1 rings (SSSR count). The van der Waals surface area contributed by atoms with Crippen LogP contribution in [0.5, 0.6) is 0 Å². The van der Waals surface area contributed by atoms with Crippen molar-refractivity contribution in [3.8, 4) is 0 Å². The van der Waals surface area contributed by atoms with Crippen LogP contribution in [0, 0.1) is 4.64 Å². The lowest BCUT2D eigenvalue weighted by molar-refractivity contribution is 0.182. The molecule has 1 aromatic heterocycles. The van der Waals surface area contributed by atoms with E-state index in [0.29, 0.717) is 10.3 Å². The molecule has 1 heterocycles. The maximum absolute atomic E-state index is 8.89. The van der Waals surface area contributed by atoms with Crippen LogP contribution in [0.25, 0.3) is 5.70 Å². The van der Waals surface area contributed by atoms with Crippen LogP contribution in [0.4, 0.5) is 0 Å². The maximum Gasteiger partial charge on any atom is 0.112 e. The van der Waals surface area contributed by atoms with Crippen molar-refractivity contribution in [3.63, 3.8) is 0 Å². The average Bonchev–Trinajstić information content (AvgIpc) is 2.26. The van der Waals surface area contributed by atoms with E-state index >= 15 is 0 Å². The SMILES string of the molecule is C=C(NC(CO)CO)c1ccc[nH]c1=S. The molecule has 0 amide bonds. The van der Waals surface area contributed by atoms with Gasteiger partial charge in [0.1, 0.15) is 4.64 Å². The monoisotopic (exact) mass is 226 g/mol. The average molecular weight is 226 g/mol. The minimum atomic E-state index is -0.410. The van der Waals surface area contributed by atoms with E-state index in [4.69, 9.17) is 22.4 Å². The van der Waals surface area contributed by atoms with E-state index in [2.05, 4.69) is 16.9 Å². The van der Waals surface area contributed by atoms with Gasteiger partial charge in [-0.25, -0.2) is 0 Å². The van der Waals surface area contributed by atoms with Gasteiger partial charge in [-0.3, -0.25) is 0 Å². The number of hydrogen-bond acceptors (Lipinski definition) is 4. The molecule has 0 aliphatic carbocycles. The van der Waals surface area contributed by atoms with E-state index in [0.717, 1.165) is 5.56 Å². The molecule has 0 atom stereocenters. The molecule has 0 bridgehead atoms. The highest BCUT2D eigenvalue weighted by molar-refractivity contribution is 7.71. The van der Waals surface area contributed by atoms with Crippen molar-refractivity contribution in [1.29, 1.82) is 0 Å². The maximum atomic E-state index is 8.89. The number of hydrogen-bond donors (Lipinski definition) is 4. The molecule has 0 unspecified atom stereocenters. The highest BCUT2D eigenvalue weighted by atomic mass is 32.1. The lowest BCUT2D eigenvalue weighted by Crippen LogP contribution is -2.34. The second-order valence-electron chi connectivity index (χ2n) is 3.10. The molecule has 0 fully saturated rings. The molecule has 15 heavy (non-hydrogen) atoms. The molecule has 0 radical (unpaired) electrons. The second kappa shape index (κ2) is 5.65. The normalized spacial score (nSPS) is 10.3. The summed E-state index contributed by atoms with van der Waals surface area (Å²) in [5.74, 6) is 0.